The van der Waals surface area contributed by atoms with E-state index in [0.717, 1.165) is 20.7 Å². The van der Waals surface area contributed by atoms with Gasteiger partial charge in [0.1, 0.15) is 5.69 Å². The molecule has 116 valence electrons. The normalized spacial score (nSPS) is 10.5. The van der Waals surface area contributed by atoms with Crippen LogP contribution in [0.5, 0.6) is 0 Å². The predicted molar refractivity (Wildman–Crippen MR) is 90.5 cm³/mol. The lowest BCUT2D eigenvalue weighted by atomic mass is 10.2. The molecule has 23 heavy (non-hydrogen) atoms. The second-order valence-corrected chi connectivity index (χ2v) is 6.58. The number of hydrazine groups is 1. The summed E-state index contributed by atoms with van der Waals surface area (Å²) in [5, 5.41) is 0.956. The SMILES string of the molecule is Cc1cc(C(=O)NNC(=O)c2ccc3ccccc3n2)c(C)s1. The maximum absolute atomic E-state index is 12.1. The number of pyridine rings is 1. The third-order valence-electron chi connectivity index (χ3n) is 3.41. The topological polar surface area (TPSA) is 71.1 Å². The largest absolute Gasteiger partial charge is 0.288 e. The van der Waals surface area contributed by atoms with Crippen molar-refractivity contribution in [1.82, 2.24) is 15.8 Å². The molecule has 0 aliphatic heterocycles. The first-order chi connectivity index (χ1) is 11.0. The summed E-state index contributed by atoms with van der Waals surface area (Å²) in [7, 11) is 0. The van der Waals surface area contributed by atoms with Gasteiger partial charge in [0.25, 0.3) is 11.8 Å². The van der Waals surface area contributed by atoms with E-state index in [1.165, 1.54) is 0 Å². The highest BCUT2D eigenvalue weighted by atomic mass is 32.1. The number of hydrogen-bond donors (Lipinski definition) is 2. The number of carbonyl (C=O) groups excluding carboxylic acids is 2. The number of benzene rings is 1. The molecule has 0 spiro atoms. The lowest BCUT2D eigenvalue weighted by Gasteiger charge is -2.07. The van der Waals surface area contributed by atoms with Crippen LogP contribution in [0.4, 0.5) is 0 Å². The number of rotatable bonds is 2. The van der Waals surface area contributed by atoms with Crippen LogP contribution in [0.1, 0.15) is 30.6 Å². The third kappa shape index (κ3) is 3.22. The Kier molecular flexibility index (Phi) is 4.08. The first kappa shape index (κ1) is 15.2. The molecule has 2 N–H and O–H groups in total. The fourth-order valence-electron chi connectivity index (χ4n) is 2.29. The molecule has 5 nitrogen and oxygen atoms in total. The second-order valence-electron chi connectivity index (χ2n) is 5.12. The van der Waals surface area contributed by atoms with Crippen molar-refractivity contribution in [3.63, 3.8) is 0 Å². The molecule has 1 aromatic carbocycles. The Morgan fingerprint density at radius 2 is 1.74 bits per heavy atom. The van der Waals surface area contributed by atoms with Gasteiger partial charge in [0.2, 0.25) is 0 Å². The van der Waals surface area contributed by atoms with E-state index in [9.17, 15) is 9.59 Å². The van der Waals surface area contributed by atoms with Gasteiger partial charge in [-0.25, -0.2) is 4.98 Å². The van der Waals surface area contributed by atoms with Crippen LogP contribution in [-0.2, 0) is 0 Å². The summed E-state index contributed by atoms with van der Waals surface area (Å²) in [6, 6.07) is 12.8. The van der Waals surface area contributed by atoms with Crippen LogP contribution in [0.25, 0.3) is 10.9 Å². The molecule has 0 aliphatic carbocycles. The highest BCUT2D eigenvalue weighted by Gasteiger charge is 2.14. The van der Waals surface area contributed by atoms with Gasteiger partial charge in [-0.2, -0.15) is 0 Å². The quantitative estimate of drug-likeness (QED) is 0.712. The number of nitrogens with one attached hydrogen (secondary N) is 2. The summed E-state index contributed by atoms with van der Waals surface area (Å²) in [4.78, 5) is 30.5. The zero-order valence-electron chi connectivity index (χ0n) is 12.7. The first-order valence-corrected chi connectivity index (χ1v) is 7.90. The second kappa shape index (κ2) is 6.18. The van der Waals surface area contributed by atoms with Gasteiger partial charge in [-0.1, -0.05) is 24.3 Å². The van der Waals surface area contributed by atoms with Crippen molar-refractivity contribution >= 4 is 34.1 Å². The van der Waals surface area contributed by atoms with Crippen molar-refractivity contribution in [3.8, 4) is 0 Å². The predicted octanol–water partition coefficient (Wildman–Crippen LogP) is 2.99. The molecule has 3 aromatic rings. The zero-order chi connectivity index (χ0) is 16.4. The molecule has 3 rings (SSSR count). The Bertz CT molecular complexity index is 902. The minimum Gasteiger partial charge on any atom is -0.267 e. The first-order valence-electron chi connectivity index (χ1n) is 7.08. The lowest BCUT2D eigenvalue weighted by Crippen LogP contribution is -2.42. The smallest absolute Gasteiger partial charge is 0.267 e. The van der Waals surface area contributed by atoms with E-state index in [1.54, 1.807) is 23.5 Å². The van der Waals surface area contributed by atoms with E-state index >= 15 is 0 Å². The fourth-order valence-corrected chi connectivity index (χ4v) is 3.21. The number of fused-ring (bicyclic) bond motifs is 1. The van der Waals surface area contributed by atoms with Gasteiger partial charge < -0.3 is 0 Å². The lowest BCUT2D eigenvalue weighted by molar-refractivity contribution is 0.0844. The highest BCUT2D eigenvalue weighted by Crippen LogP contribution is 2.20. The van der Waals surface area contributed by atoms with Crippen molar-refractivity contribution in [1.29, 1.82) is 0 Å². The molecular formula is C17H15N3O2S. The average Bonchev–Trinajstić information content (AvgIpc) is 2.90. The number of amides is 2. The monoisotopic (exact) mass is 325 g/mol. The van der Waals surface area contributed by atoms with Gasteiger partial charge in [0, 0.05) is 15.1 Å². The van der Waals surface area contributed by atoms with Gasteiger partial charge in [0.15, 0.2) is 0 Å². The molecule has 0 unspecified atom stereocenters. The molecule has 0 bridgehead atoms. The highest BCUT2D eigenvalue weighted by molar-refractivity contribution is 7.12. The summed E-state index contributed by atoms with van der Waals surface area (Å²) in [6.45, 7) is 3.81. The molecule has 6 heteroatoms. The van der Waals surface area contributed by atoms with Gasteiger partial charge in [-0.05, 0) is 32.0 Å². The van der Waals surface area contributed by atoms with Crippen LogP contribution < -0.4 is 10.9 Å². The fraction of sp³-hybridized carbons (Fsp3) is 0.118. The molecule has 2 heterocycles. The maximum Gasteiger partial charge on any atom is 0.288 e. The van der Waals surface area contributed by atoms with Crippen LogP contribution in [0.2, 0.25) is 0 Å². The van der Waals surface area contributed by atoms with Crippen molar-refractivity contribution < 1.29 is 9.59 Å². The molecule has 2 amide bonds. The molecule has 0 radical (unpaired) electrons. The number of aryl methyl sites for hydroxylation is 2. The zero-order valence-corrected chi connectivity index (χ0v) is 13.5. The summed E-state index contributed by atoms with van der Waals surface area (Å²) in [6.07, 6.45) is 0. The van der Waals surface area contributed by atoms with Crippen molar-refractivity contribution in [2.45, 2.75) is 13.8 Å². The Morgan fingerprint density at radius 1 is 1.00 bits per heavy atom. The van der Waals surface area contributed by atoms with E-state index < -0.39 is 5.91 Å². The van der Waals surface area contributed by atoms with E-state index in [0.29, 0.717) is 5.56 Å². The number of aromatic nitrogens is 1. The summed E-state index contributed by atoms with van der Waals surface area (Å²) in [5.41, 5.74) is 6.38. The molecule has 0 aliphatic rings. The minimum atomic E-state index is -0.450. The summed E-state index contributed by atoms with van der Waals surface area (Å²) >= 11 is 1.54. The van der Waals surface area contributed by atoms with Crippen LogP contribution >= 0.6 is 11.3 Å². The van der Waals surface area contributed by atoms with E-state index in [-0.39, 0.29) is 11.6 Å². The summed E-state index contributed by atoms with van der Waals surface area (Å²) < 4.78 is 0. The van der Waals surface area contributed by atoms with Gasteiger partial charge in [-0.3, -0.25) is 20.4 Å². The molecule has 0 atom stereocenters. The van der Waals surface area contributed by atoms with Crippen LogP contribution in [0, 0.1) is 13.8 Å². The maximum atomic E-state index is 12.1. The Labute approximate surface area is 137 Å². The van der Waals surface area contributed by atoms with Crippen LogP contribution in [0.3, 0.4) is 0 Å². The molecule has 0 fully saturated rings. The number of nitrogens with zero attached hydrogens (tertiary/aromatic N) is 1. The van der Waals surface area contributed by atoms with Gasteiger partial charge in [0.05, 0.1) is 11.1 Å². The van der Waals surface area contributed by atoms with Gasteiger partial charge >= 0.3 is 0 Å². The number of carbonyl (C=O) groups is 2. The van der Waals surface area contributed by atoms with Crippen molar-refractivity contribution in [2.75, 3.05) is 0 Å². The Hall–Kier alpha value is -2.73. The minimum absolute atomic E-state index is 0.252. The van der Waals surface area contributed by atoms with Gasteiger partial charge in [-0.15, -0.1) is 11.3 Å². The third-order valence-corrected chi connectivity index (χ3v) is 4.37. The Morgan fingerprint density at radius 3 is 2.48 bits per heavy atom. The van der Waals surface area contributed by atoms with Crippen LogP contribution in [-0.4, -0.2) is 16.8 Å². The number of para-hydroxylation sites is 1. The Balaban J connectivity index is 1.71. The molecular weight excluding hydrogens is 310 g/mol. The van der Waals surface area contributed by atoms with Crippen LogP contribution in [0.15, 0.2) is 42.5 Å². The molecule has 2 aromatic heterocycles. The number of hydrogen-bond acceptors (Lipinski definition) is 4. The van der Waals surface area contributed by atoms with Crippen molar-refractivity contribution in [3.05, 3.63) is 63.5 Å². The van der Waals surface area contributed by atoms with Crippen molar-refractivity contribution in [2.24, 2.45) is 0 Å². The number of thiophene rings is 1. The summed E-state index contributed by atoms with van der Waals surface area (Å²) in [5.74, 6) is -0.783. The standard InChI is InChI=1S/C17H15N3O2S/c1-10-9-13(11(2)23-10)16(21)19-20-17(22)15-8-7-12-5-3-4-6-14(12)18-15/h3-9H,1-2H3,(H,19,21)(H,20,22). The molecule has 0 saturated carbocycles. The van der Waals surface area contributed by atoms with E-state index in [4.69, 9.17) is 0 Å². The van der Waals surface area contributed by atoms with E-state index in [1.807, 2.05) is 44.2 Å². The molecule has 0 saturated heterocycles. The average molecular weight is 325 g/mol. The van der Waals surface area contributed by atoms with E-state index in [2.05, 4.69) is 15.8 Å².